The standard InChI is InChI=1S/C14H18O3/c1-16-8-9-17-14-5-3-2-4-13(14)11-6-7-12(15)10-11/h2-5,10,12,15H,6-9H2,1H3. The number of rotatable bonds is 5. The van der Waals surface area contributed by atoms with Crippen LogP contribution in [0.5, 0.6) is 5.75 Å². The normalized spacial score (nSPS) is 19.2. The van der Waals surface area contributed by atoms with E-state index >= 15 is 0 Å². The van der Waals surface area contributed by atoms with Crippen molar-refractivity contribution < 1.29 is 14.6 Å². The van der Waals surface area contributed by atoms with Gasteiger partial charge in [0, 0.05) is 12.7 Å². The number of benzene rings is 1. The third-order valence-corrected chi connectivity index (χ3v) is 2.88. The molecule has 1 atom stereocenters. The van der Waals surface area contributed by atoms with Gasteiger partial charge in [-0.2, -0.15) is 0 Å². The van der Waals surface area contributed by atoms with Gasteiger partial charge in [-0.1, -0.05) is 24.3 Å². The average Bonchev–Trinajstić information content (AvgIpc) is 2.77. The Balaban J connectivity index is 2.13. The van der Waals surface area contributed by atoms with Crippen molar-refractivity contribution in [1.29, 1.82) is 0 Å². The molecule has 1 aliphatic carbocycles. The molecule has 1 aliphatic rings. The Morgan fingerprint density at radius 3 is 2.82 bits per heavy atom. The molecule has 1 aromatic rings. The second-order valence-electron chi connectivity index (χ2n) is 4.14. The number of allylic oxidation sites excluding steroid dienone is 1. The topological polar surface area (TPSA) is 38.7 Å². The van der Waals surface area contributed by atoms with E-state index in [9.17, 15) is 5.11 Å². The van der Waals surface area contributed by atoms with Crippen LogP contribution >= 0.6 is 0 Å². The predicted molar refractivity (Wildman–Crippen MR) is 67.0 cm³/mol. The summed E-state index contributed by atoms with van der Waals surface area (Å²) in [5, 5.41) is 9.53. The van der Waals surface area contributed by atoms with Crippen molar-refractivity contribution in [2.45, 2.75) is 18.9 Å². The maximum absolute atomic E-state index is 9.53. The molecular formula is C14H18O3. The van der Waals surface area contributed by atoms with Crippen molar-refractivity contribution in [3.8, 4) is 5.75 Å². The summed E-state index contributed by atoms with van der Waals surface area (Å²) in [6, 6.07) is 7.93. The van der Waals surface area contributed by atoms with Gasteiger partial charge >= 0.3 is 0 Å². The van der Waals surface area contributed by atoms with E-state index < -0.39 is 0 Å². The van der Waals surface area contributed by atoms with E-state index in [0.717, 1.165) is 24.2 Å². The number of ether oxygens (including phenoxy) is 2. The van der Waals surface area contributed by atoms with Gasteiger partial charge in [0.2, 0.25) is 0 Å². The molecule has 0 spiro atoms. The van der Waals surface area contributed by atoms with Crippen molar-refractivity contribution >= 4 is 5.57 Å². The summed E-state index contributed by atoms with van der Waals surface area (Å²) in [7, 11) is 1.66. The molecule has 3 heteroatoms. The Kier molecular flexibility index (Phi) is 4.18. The van der Waals surface area contributed by atoms with Crippen molar-refractivity contribution in [1.82, 2.24) is 0 Å². The van der Waals surface area contributed by atoms with Crippen molar-refractivity contribution in [2.75, 3.05) is 20.3 Å². The molecule has 0 saturated carbocycles. The Morgan fingerprint density at radius 2 is 2.12 bits per heavy atom. The Labute approximate surface area is 102 Å². The number of para-hydroxylation sites is 1. The lowest BCUT2D eigenvalue weighted by Crippen LogP contribution is -2.05. The van der Waals surface area contributed by atoms with Gasteiger partial charge in [-0.15, -0.1) is 0 Å². The van der Waals surface area contributed by atoms with E-state index in [-0.39, 0.29) is 6.10 Å². The predicted octanol–water partition coefficient (Wildman–Crippen LogP) is 2.25. The van der Waals surface area contributed by atoms with E-state index in [1.54, 1.807) is 7.11 Å². The third-order valence-electron chi connectivity index (χ3n) is 2.88. The maximum atomic E-state index is 9.53. The first-order chi connectivity index (χ1) is 8.31. The maximum Gasteiger partial charge on any atom is 0.126 e. The number of methoxy groups -OCH3 is 1. The average molecular weight is 234 g/mol. The zero-order chi connectivity index (χ0) is 12.1. The van der Waals surface area contributed by atoms with Crippen LogP contribution in [-0.2, 0) is 4.74 Å². The first kappa shape index (κ1) is 12.1. The summed E-state index contributed by atoms with van der Waals surface area (Å²) < 4.78 is 10.6. The Bertz CT molecular complexity index is 398. The molecule has 0 aromatic heterocycles. The van der Waals surface area contributed by atoms with Crippen molar-refractivity contribution in [3.63, 3.8) is 0 Å². The van der Waals surface area contributed by atoms with Gasteiger partial charge in [-0.25, -0.2) is 0 Å². The minimum Gasteiger partial charge on any atom is -0.491 e. The quantitative estimate of drug-likeness (QED) is 0.794. The molecule has 2 rings (SSSR count). The van der Waals surface area contributed by atoms with Gasteiger partial charge in [0.25, 0.3) is 0 Å². The summed E-state index contributed by atoms with van der Waals surface area (Å²) in [6.45, 7) is 1.12. The smallest absolute Gasteiger partial charge is 0.126 e. The highest BCUT2D eigenvalue weighted by molar-refractivity contribution is 5.72. The summed E-state index contributed by atoms with van der Waals surface area (Å²) in [5.74, 6) is 0.866. The van der Waals surface area contributed by atoms with Gasteiger partial charge < -0.3 is 14.6 Å². The lowest BCUT2D eigenvalue weighted by molar-refractivity contribution is 0.146. The van der Waals surface area contributed by atoms with E-state index in [1.807, 2.05) is 30.3 Å². The second-order valence-corrected chi connectivity index (χ2v) is 4.14. The van der Waals surface area contributed by atoms with E-state index in [4.69, 9.17) is 9.47 Å². The fraction of sp³-hybridized carbons (Fsp3) is 0.429. The first-order valence-corrected chi connectivity index (χ1v) is 5.91. The molecule has 0 bridgehead atoms. The summed E-state index contributed by atoms with van der Waals surface area (Å²) in [5.41, 5.74) is 2.26. The van der Waals surface area contributed by atoms with Crippen LogP contribution in [0.15, 0.2) is 30.3 Å². The molecule has 0 aliphatic heterocycles. The van der Waals surface area contributed by atoms with Crippen LogP contribution in [0.2, 0.25) is 0 Å². The largest absolute Gasteiger partial charge is 0.491 e. The van der Waals surface area contributed by atoms with Crippen molar-refractivity contribution in [3.05, 3.63) is 35.9 Å². The van der Waals surface area contributed by atoms with E-state index in [2.05, 4.69) is 0 Å². The molecule has 1 N–H and O–H groups in total. The number of hydrogen-bond acceptors (Lipinski definition) is 3. The minimum atomic E-state index is -0.308. The Hall–Kier alpha value is -1.32. The van der Waals surface area contributed by atoms with E-state index in [0.29, 0.717) is 13.2 Å². The highest BCUT2D eigenvalue weighted by Crippen LogP contribution is 2.33. The van der Waals surface area contributed by atoms with Crippen LogP contribution in [0.1, 0.15) is 18.4 Å². The second kappa shape index (κ2) is 5.84. The van der Waals surface area contributed by atoms with Crippen LogP contribution in [0.4, 0.5) is 0 Å². The monoisotopic (exact) mass is 234 g/mol. The number of aliphatic hydroxyl groups excluding tert-OH is 1. The zero-order valence-electron chi connectivity index (χ0n) is 10.1. The SMILES string of the molecule is COCCOc1ccccc1C1=CC(O)CC1. The van der Waals surface area contributed by atoms with Crippen LogP contribution in [0, 0.1) is 0 Å². The number of aliphatic hydroxyl groups is 1. The van der Waals surface area contributed by atoms with Crippen LogP contribution < -0.4 is 4.74 Å². The highest BCUT2D eigenvalue weighted by atomic mass is 16.5. The third kappa shape index (κ3) is 3.08. The summed E-state index contributed by atoms with van der Waals surface area (Å²) in [6.07, 6.45) is 3.32. The summed E-state index contributed by atoms with van der Waals surface area (Å²) in [4.78, 5) is 0. The highest BCUT2D eigenvalue weighted by Gasteiger charge is 2.17. The van der Waals surface area contributed by atoms with Gasteiger partial charge in [0.15, 0.2) is 0 Å². The molecule has 92 valence electrons. The lowest BCUT2D eigenvalue weighted by Gasteiger charge is -2.11. The molecule has 17 heavy (non-hydrogen) atoms. The molecular weight excluding hydrogens is 216 g/mol. The van der Waals surface area contributed by atoms with Crippen LogP contribution in [0.25, 0.3) is 5.57 Å². The van der Waals surface area contributed by atoms with Crippen LogP contribution in [-0.4, -0.2) is 31.5 Å². The van der Waals surface area contributed by atoms with Gasteiger partial charge in [0.05, 0.1) is 12.7 Å². The van der Waals surface area contributed by atoms with Gasteiger partial charge in [-0.3, -0.25) is 0 Å². The van der Waals surface area contributed by atoms with Crippen molar-refractivity contribution in [2.24, 2.45) is 0 Å². The molecule has 0 heterocycles. The number of hydrogen-bond donors (Lipinski definition) is 1. The lowest BCUT2D eigenvalue weighted by atomic mass is 10.0. The molecule has 0 radical (unpaired) electrons. The zero-order valence-corrected chi connectivity index (χ0v) is 10.1. The molecule has 0 saturated heterocycles. The fourth-order valence-corrected chi connectivity index (χ4v) is 2.02. The minimum absolute atomic E-state index is 0.308. The Morgan fingerprint density at radius 1 is 1.29 bits per heavy atom. The molecule has 1 aromatic carbocycles. The molecule has 1 unspecified atom stereocenters. The van der Waals surface area contributed by atoms with Crippen LogP contribution in [0.3, 0.4) is 0 Å². The van der Waals surface area contributed by atoms with Gasteiger partial charge in [-0.05, 0) is 24.5 Å². The molecule has 3 nitrogen and oxygen atoms in total. The van der Waals surface area contributed by atoms with Gasteiger partial charge in [0.1, 0.15) is 12.4 Å². The summed E-state index contributed by atoms with van der Waals surface area (Å²) >= 11 is 0. The first-order valence-electron chi connectivity index (χ1n) is 5.91. The molecule has 0 fully saturated rings. The fourth-order valence-electron chi connectivity index (χ4n) is 2.02. The van der Waals surface area contributed by atoms with E-state index in [1.165, 1.54) is 5.57 Å². The molecule has 0 amide bonds.